The molecule has 15 heavy (non-hydrogen) atoms. The van der Waals surface area contributed by atoms with Gasteiger partial charge in [-0.2, -0.15) is 5.10 Å². The number of rotatable bonds is 3. The molecule has 0 spiro atoms. The molecular formula is C10H19N3OS. The Hall–Kier alpha value is -0.680. The number of hydrogen-bond donors (Lipinski definition) is 1. The predicted molar refractivity (Wildman–Crippen MR) is 62.7 cm³/mol. The molecule has 0 aliphatic rings. The molecule has 1 unspecified atom stereocenters. The van der Waals surface area contributed by atoms with Crippen molar-refractivity contribution in [3.8, 4) is 0 Å². The average molecular weight is 229 g/mol. The minimum absolute atomic E-state index is 0.00579. The molecule has 0 amide bonds. The third-order valence-electron chi connectivity index (χ3n) is 2.02. The number of hydrogen-bond acceptors (Lipinski definition) is 2. The highest BCUT2D eigenvalue weighted by Gasteiger charge is 2.22. The van der Waals surface area contributed by atoms with Crippen LogP contribution in [0.4, 0.5) is 0 Å². The van der Waals surface area contributed by atoms with Crippen LogP contribution in [-0.4, -0.2) is 18.7 Å². The molecule has 0 aliphatic heterocycles. The first-order chi connectivity index (χ1) is 6.80. The molecular weight excluding hydrogens is 210 g/mol. The fourth-order valence-electron chi connectivity index (χ4n) is 1.06. The first-order valence-corrected chi connectivity index (χ1v) is 6.13. The quantitative estimate of drug-likeness (QED) is 0.854. The Bertz CT molecular complexity index is 354. The van der Waals surface area contributed by atoms with Crippen molar-refractivity contribution in [1.82, 2.24) is 14.5 Å². The highest BCUT2D eigenvalue weighted by atomic mass is 32.2. The second-order valence-electron chi connectivity index (χ2n) is 4.63. The lowest BCUT2D eigenvalue weighted by molar-refractivity contribution is 0.605. The van der Waals surface area contributed by atoms with Gasteiger partial charge in [-0.05, 0) is 33.8 Å². The van der Waals surface area contributed by atoms with Gasteiger partial charge in [0.1, 0.15) is 0 Å². The standard InChI is InChI=1S/C10H19N3OS/c1-8(9-6-7-13(5)11-9)12-15(14)10(2,3)4/h6-8,12H,1-5H3/t8-,15?/m0/s1. The second kappa shape index (κ2) is 4.45. The van der Waals surface area contributed by atoms with Crippen molar-refractivity contribution in [2.24, 2.45) is 7.05 Å². The summed E-state index contributed by atoms with van der Waals surface area (Å²) in [5.74, 6) is 0. The fraction of sp³-hybridized carbons (Fsp3) is 0.700. The molecule has 1 aromatic rings. The first kappa shape index (κ1) is 12.4. The monoisotopic (exact) mass is 229 g/mol. The van der Waals surface area contributed by atoms with Crippen molar-refractivity contribution >= 4 is 11.0 Å². The minimum atomic E-state index is -1.06. The Morgan fingerprint density at radius 1 is 1.53 bits per heavy atom. The molecule has 0 aliphatic carbocycles. The van der Waals surface area contributed by atoms with Gasteiger partial charge in [-0.1, -0.05) is 0 Å². The van der Waals surface area contributed by atoms with Crippen LogP contribution in [0.2, 0.25) is 0 Å². The topological polar surface area (TPSA) is 46.9 Å². The molecule has 0 fully saturated rings. The summed E-state index contributed by atoms with van der Waals surface area (Å²) in [6.07, 6.45) is 1.88. The summed E-state index contributed by atoms with van der Waals surface area (Å²) in [5.41, 5.74) is 0.912. The minimum Gasteiger partial charge on any atom is -0.275 e. The van der Waals surface area contributed by atoms with Crippen LogP contribution >= 0.6 is 0 Å². The lowest BCUT2D eigenvalue weighted by atomic mass is 10.3. The molecule has 0 radical (unpaired) electrons. The Kier molecular flexibility index (Phi) is 3.67. The maximum Gasteiger partial charge on any atom is 0.0976 e. The maximum absolute atomic E-state index is 11.8. The number of nitrogens with zero attached hydrogens (tertiary/aromatic N) is 2. The zero-order chi connectivity index (χ0) is 11.6. The molecule has 0 bridgehead atoms. The zero-order valence-electron chi connectivity index (χ0n) is 9.94. The van der Waals surface area contributed by atoms with E-state index in [4.69, 9.17) is 0 Å². The van der Waals surface area contributed by atoms with E-state index in [0.717, 1.165) is 5.69 Å². The first-order valence-electron chi connectivity index (χ1n) is 4.98. The molecule has 1 N–H and O–H groups in total. The largest absolute Gasteiger partial charge is 0.275 e. The lowest BCUT2D eigenvalue weighted by Gasteiger charge is -2.20. The van der Waals surface area contributed by atoms with Gasteiger partial charge in [-0.3, -0.25) is 4.68 Å². The van der Waals surface area contributed by atoms with Crippen LogP contribution in [0.1, 0.15) is 39.4 Å². The van der Waals surface area contributed by atoms with E-state index in [1.54, 1.807) is 4.68 Å². The summed E-state index contributed by atoms with van der Waals surface area (Å²) in [6, 6.07) is 1.93. The summed E-state index contributed by atoms with van der Waals surface area (Å²) >= 11 is 0. The normalized spacial score (nSPS) is 16.3. The third-order valence-corrected chi connectivity index (χ3v) is 3.70. The van der Waals surface area contributed by atoms with Gasteiger partial charge in [0.15, 0.2) is 0 Å². The van der Waals surface area contributed by atoms with Gasteiger partial charge in [-0.25, -0.2) is 8.93 Å². The molecule has 86 valence electrons. The van der Waals surface area contributed by atoms with Gasteiger partial charge in [0, 0.05) is 13.2 Å². The highest BCUT2D eigenvalue weighted by molar-refractivity contribution is 7.84. The number of nitrogens with one attached hydrogen (secondary N) is 1. The Labute approximate surface area is 93.7 Å². The molecule has 0 saturated heterocycles. The molecule has 1 heterocycles. The van der Waals surface area contributed by atoms with E-state index >= 15 is 0 Å². The smallest absolute Gasteiger partial charge is 0.0976 e. The Morgan fingerprint density at radius 2 is 2.13 bits per heavy atom. The highest BCUT2D eigenvalue weighted by Crippen LogP contribution is 2.15. The van der Waals surface area contributed by atoms with Gasteiger partial charge in [0.05, 0.1) is 27.5 Å². The fourth-order valence-corrected chi connectivity index (χ4v) is 1.86. The van der Waals surface area contributed by atoms with E-state index in [-0.39, 0.29) is 10.8 Å². The summed E-state index contributed by atoms with van der Waals surface area (Å²) in [4.78, 5) is 0. The van der Waals surface area contributed by atoms with Gasteiger partial charge < -0.3 is 0 Å². The van der Waals surface area contributed by atoms with Crippen LogP contribution in [0.3, 0.4) is 0 Å². The van der Waals surface area contributed by atoms with E-state index in [0.29, 0.717) is 0 Å². The molecule has 0 saturated carbocycles. The van der Waals surface area contributed by atoms with Crippen LogP contribution < -0.4 is 4.72 Å². The van der Waals surface area contributed by atoms with Gasteiger partial charge >= 0.3 is 0 Å². The van der Waals surface area contributed by atoms with Crippen LogP contribution in [-0.2, 0) is 18.0 Å². The van der Waals surface area contributed by atoms with Crippen molar-refractivity contribution in [2.75, 3.05) is 0 Å². The van der Waals surface area contributed by atoms with E-state index in [9.17, 15) is 4.21 Å². The van der Waals surface area contributed by atoms with Crippen molar-refractivity contribution < 1.29 is 4.21 Å². The zero-order valence-corrected chi connectivity index (χ0v) is 10.8. The number of aromatic nitrogens is 2. The molecule has 4 nitrogen and oxygen atoms in total. The Morgan fingerprint density at radius 3 is 2.53 bits per heavy atom. The van der Waals surface area contributed by atoms with Crippen LogP contribution in [0.25, 0.3) is 0 Å². The van der Waals surface area contributed by atoms with E-state index < -0.39 is 11.0 Å². The summed E-state index contributed by atoms with van der Waals surface area (Å²) in [5, 5.41) is 4.27. The SMILES string of the molecule is C[C@H](NS(=O)C(C)(C)C)c1ccn(C)n1. The van der Waals surface area contributed by atoms with E-state index in [1.807, 2.05) is 47.0 Å². The summed E-state index contributed by atoms with van der Waals surface area (Å²) < 4.78 is 16.4. The van der Waals surface area contributed by atoms with Gasteiger partial charge in [0.25, 0.3) is 0 Å². The van der Waals surface area contributed by atoms with Crippen molar-refractivity contribution in [3.05, 3.63) is 18.0 Å². The summed E-state index contributed by atoms with van der Waals surface area (Å²) in [6.45, 7) is 7.80. The average Bonchev–Trinajstić information content (AvgIpc) is 2.50. The van der Waals surface area contributed by atoms with Crippen molar-refractivity contribution in [2.45, 2.75) is 38.5 Å². The van der Waals surface area contributed by atoms with Gasteiger partial charge in [-0.15, -0.1) is 0 Å². The molecule has 2 atom stereocenters. The molecule has 1 rings (SSSR count). The number of aryl methyl sites for hydroxylation is 1. The Balaban J connectivity index is 2.64. The van der Waals surface area contributed by atoms with Gasteiger partial charge in [0.2, 0.25) is 0 Å². The van der Waals surface area contributed by atoms with Crippen LogP contribution in [0.5, 0.6) is 0 Å². The molecule has 0 aromatic carbocycles. The summed E-state index contributed by atoms with van der Waals surface area (Å²) in [7, 11) is 0.814. The third kappa shape index (κ3) is 3.43. The lowest BCUT2D eigenvalue weighted by Crippen LogP contribution is -2.34. The van der Waals surface area contributed by atoms with E-state index in [1.165, 1.54) is 0 Å². The van der Waals surface area contributed by atoms with Crippen molar-refractivity contribution in [3.63, 3.8) is 0 Å². The maximum atomic E-state index is 11.8. The van der Waals surface area contributed by atoms with E-state index in [2.05, 4.69) is 9.82 Å². The predicted octanol–water partition coefficient (Wildman–Crippen LogP) is 1.53. The second-order valence-corrected chi connectivity index (χ2v) is 6.63. The van der Waals surface area contributed by atoms with Crippen LogP contribution in [0.15, 0.2) is 12.3 Å². The van der Waals surface area contributed by atoms with Crippen molar-refractivity contribution in [1.29, 1.82) is 0 Å². The molecule has 5 heteroatoms. The molecule has 1 aromatic heterocycles. The van der Waals surface area contributed by atoms with Crippen LogP contribution in [0, 0.1) is 0 Å².